The van der Waals surface area contributed by atoms with E-state index in [9.17, 15) is 0 Å². The van der Waals surface area contributed by atoms with Gasteiger partial charge in [0.25, 0.3) is 0 Å². The fourth-order valence-corrected chi connectivity index (χ4v) is 3.17. The maximum atomic E-state index is 6.42. The predicted octanol–water partition coefficient (Wildman–Crippen LogP) is 3.69. The molecule has 0 saturated carbocycles. The molecule has 2 rings (SSSR count). The van der Waals surface area contributed by atoms with Gasteiger partial charge in [0.05, 0.1) is 10.6 Å². The molecule has 2 aromatic rings. The molecule has 20 heavy (non-hydrogen) atoms. The van der Waals surface area contributed by atoms with Crippen molar-refractivity contribution < 1.29 is 0 Å². The molecule has 0 bridgehead atoms. The van der Waals surface area contributed by atoms with Crippen LogP contribution in [0.25, 0.3) is 0 Å². The van der Waals surface area contributed by atoms with Crippen LogP contribution >= 0.6 is 11.5 Å². The average Bonchev–Trinajstić information content (AvgIpc) is 2.82. The van der Waals surface area contributed by atoms with Gasteiger partial charge in [0, 0.05) is 11.5 Å². The van der Waals surface area contributed by atoms with Crippen LogP contribution in [0.3, 0.4) is 0 Å². The highest BCUT2D eigenvalue weighted by molar-refractivity contribution is 7.05. The smallest absolute Gasteiger partial charge is 0.0857 e. The first-order valence-electron chi connectivity index (χ1n) is 6.93. The van der Waals surface area contributed by atoms with Crippen molar-refractivity contribution in [3.8, 4) is 0 Å². The van der Waals surface area contributed by atoms with E-state index < -0.39 is 0 Å². The molecular formula is C16H23N3S. The largest absolute Gasteiger partial charge is 0.323 e. The molecule has 1 atom stereocenters. The van der Waals surface area contributed by atoms with Gasteiger partial charge in [-0.25, -0.2) is 0 Å². The van der Waals surface area contributed by atoms with E-state index >= 15 is 0 Å². The van der Waals surface area contributed by atoms with Gasteiger partial charge in [0.2, 0.25) is 0 Å². The molecule has 2 N–H and O–H groups in total. The summed E-state index contributed by atoms with van der Waals surface area (Å²) in [7, 11) is 0. The quantitative estimate of drug-likeness (QED) is 0.937. The minimum atomic E-state index is -0.0373. The number of rotatable bonds is 3. The Morgan fingerprint density at radius 3 is 2.60 bits per heavy atom. The molecule has 0 radical (unpaired) electrons. The van der Waals surface area contributed by atoms with Gasteiger partial charge in [-0.15, -0.1) is 5.10 Å². The Hall–Kier alpha value is -1.26. The van der Waals surface area contributed by atoms with Crippen LogP contribution in [-0.2, 0) is 11.8 Å². The maximum Gasteiger partial charge on any atom is 0.0857 e. The Morgan fingerprint density at radius 2 is 1.95 bits per heavy atom. The Morgan fingerprint density at radius 1 is 1.25 bits per heavy atom. The van der Waals surface area contributed by atoms with Gasteiger partial charge < -0.3 is 5.73 Å². The first-order valence-corrected chi connectivity index (χ1v) is 7.71. The summed E-state index contributed by atoms with van der Waals surface area (Å²) in [4.78, 5) is 1.11. The summed E-state index contributed by atoms with van der Waals surface area (Å²) in [6.45, 7) is 10.7. The van der Waals surface area contributed by atoms with E-state index in [2.05, 4.69) is 62.4 Å². The highest BCUT2D eigenvalue weighted by Gasteiger charge is 2.25. The zero-order valence-corrected chi connectivity index (χ0v) is 13.7. The van der Waals surface area contributed by atoms with Gasteiger partial charge >= 0.3 is 0 Å². The van der Waals surface area contributed by atoms with Gasteiger partial charge in [0.15, 0.2) is 0 Å². The van der Waals surface area contributed by atoms with E-state index in [0.29, 0.717) is 0 Å². The average molecular weight is 289 g/mol. The van der Waals surface area contributed by atoms with Gasteiger partial charge in [-0.2, -0.15) is 0 Å². The molecule has 4 heteroatoms. The highest BCUT2D eigenvalue weighted by atomic mass is 32.1. The molecule has 0 fully saturated rings. The summed E-state index contributed by atoms with van der Waals surface area (Å²) in [6.07, 6.45) is 0.834. The summed E-state index contributed by atoms with van der Waals surface area (Å²) >= 11 is 1.43. The molecule has 0 aliphatic rings. The van der Waals surface area contributed by atoms with E-state index in [0.717, 1.165) is 17.0 Å². The number of aromatic nitrogens is 2. The number of benzene rings is 1. The van der Waals surface area contributed by atoms with Crippen LogP contribution in [0.2, 0.25) is 0 Å². The molecule has 1 aromatic heterocycles. The fraction of sp³-hybridized carbons (Fsp3) is 0.500. The lowest BCUT2D eigenvalue weighted by Crippen LogP contribution is -2.20. The second-order valence-corrected chi connectivity index (χ2v) is 7.26. The highest BCUT2D eigenvalue weighted by Crippen LogP contribution is 2.31. The molecule has 0 amide bonds. The topological polar surface area (TPSA) is 51.8 Å². The minimum Gasteiger partial charge on any atom is -0.323 e. The summed E-state index contributed by atoms with van der Waals surface area (Å²) < 4.78 is 4.10. The molecular weight excluding hydrogens is 266 g/mol. The van der Waals surface area contributed by atoms with Crippen LogP contribution in [0, 0.1) is 13.8 Å². The van der Waals surface area contributed by atoms with Crippen LogP contribution in [-0.4, -0.2) is 9.59 Å². The van der Waals surface area contributed by atoms with Crippen molar-refractivity contribution in [2.75, 3.05) is 0 Å². The summed E-state index contributed by atoms with van der Waals surface area (Å²) in [5, 5.41) is 4.28. The van der Waals surface area contributed by atoms with Gasteiger partial charge in [-0.3, -0.25) is 0 Å². The third kappa shape index (κ3) is 3.25. The minimum absolute atomic E-state index is 0.0123. The summed E-state index contributed by atoms with van der Waals surface area (Å²) in [5.41, 5.74) is 11.3. The standard InChI is InChI=1S/C16H23N3S/c1-10-6-7-11(2)12(8-10)9-13(17)14-15(16(3,4)5)18-19-20-14/h6-8,13H,9,17H2,1-5H3. The van der Waals surface area contributed by atoms with Crippen molar-refractivity contribution in [2.24, 2.45) is 5.73 Å². The van der Waals surface area contributed by atoms with Crippen molar-refractivity contribution in [2.45, 2.75) is 52.5 Å². The van der Waals surface area contributed by atoms with Gasteiger partial charge in [0.1, 0.15) is 0 Å². The third-order valence-corrected chi connectivity index (χ3v) is 4.36. The predicted molar refractivity (Wildman–Crippen MR) is 85.2 cm³/mol. The van der Waals surface area contributed by atoms with Crippen LogP contribution < -0.4 is 5.73 Å². The van der Waals surface area contributed by atoms with E-state index in [1.54, 1.807) is 0 Å². The van der Waals surface area contributed by atoms with Crippen molar-refractivity contribution in [3.05, 3.63) is 45.5 Å². The van der Waals surface area contributed by atoms with Crippen LogP contribution in [0.15, 0.2) is 18.2 Å². The van der Waals surface area contributed by atoms with Crippen molar-refractivity contribution >= 4 is 11.5 Å². The van der Waals surface area contributed by atoms with Gasteiger partial charge in [-0.05, 0) is 42.9 Å². The molecule has 0 saturated heterocycles. The number of hydrogen-bond acceptors (Lipinski definition) is 4. The second kappa shape index (κ2) is 5.62. The number of aryl methyl sites for hydroxylation is 2. The number of nitrogens with two attached hydrogens (primary N) is 1. The molecule has 0 aliphatic carbocycles. The Bertz CT molecular complexity index is 596. The van der Waals surface area contributed by atoms with Crippen LogP contribution in [0.5, 0.6) is 0 Å². The van der Waals surface area contributed by atoms with Crippen molar-refractivity contribution in [1.82, 2.24) is 9.59 Å². The molecule has 108 valence electrons. The fourth-order valence-electron chi connectivity index (χ4n) is 2.31. The summed E-state index contributed by atoms with van der Waals surface area (Å²) in [6, 6.07) is 6.48. The molecule has 0 aliphatic heterocycles. The maximum absolute atomic E-state index is 6.42. The van der Waals surface area contributed by atoms with Gasteiger partial charge in [-0.1, -0.05) is 49.0 Å². The Balaban J connectivity index is 2.27. The molecule has 1 unspecified atom stereocenters. The van der Waals surface area contributed by atoms with E-state index in [1.165, 1.54) is 28.2 Å². The van der Waals surface area contributed by atoms with Crippen LogP contribution in [0.1, 0.15) is 54.1 Å². The zero-order chi connectivity index (χ0) is 14.9. The second-order valence-electron chi connectivity index (χ2n) is 6.48. The van der Waals surface area contributed by atoms with Crippen molar-refractivity contribution in [3.63, 3.8) is 0 Å². The van der Waals surface area contributed by atoms with E-state index in [-0.39, 0.29) is 11.5 Å². The summed E-state index contributed by atoms with van der Waals surface area (Å²) in [5.74, 6) is 0. The monoisotopic (exact) mass is 289 g/mol. The number of nitrogens with zero attached hydrogens (tertiary/aromatic N) is 2. The Kier molecular flexibility index (Phi) is 4.25. The Labute approximate surface area is 125 Å². The SMILES string of the molecule is Cc1ccc(C)c(CC(N)c2snnc2C(C)(C)C)c1. The van der Waals surface area contributed by atoms with E-state index in [1.807, 2.05) is 0 Å². The van der Waals surface area contributed by atoms with Crippen molar-refractivity contribution in [1.29, 1.82) is 0 Å². The lowest BCUT2D eigenvalue weighted by molar-refractivity contribution is 0.550. The lowest BCUT2D eigenvalue weighted by Gasteiger charge is -2.20. The zero-order valence-electron chi connectivity index (χ0n) is 12.9. The lowest BCUT2D eigenvalue weighted by atomic mass is 9.88. The first kappa shape index (κ1) is 15.1. The molecule has 0 spiro atoms. The first-order chi connectivity index (χ1) is 9.29. The molecule has 1 aromatic carbocycles. The molecule has 1 heterocycles. The van der Waals surface area contributed by atoms with E-state index in [4.69, 9.17) is 5.73 Å². The van der Waals surface area contributed by atoms with Crippen LogP contribution in [0.4, 0.5) is 0 Å². The normalized spacial score (nSPS) is 13.5. The molecule has 3 nitrogen and oxygen atoms in total. The number of hydrogen-bond donors (Lipinski definition) is 1. The third-order valence-electron chi connectivity index (χ3n) is 3.51.